The summed E-state index contributed by atoms with van der Waals surface area (Å²) in [5, 5.41) is 0. The molecular formula is C16H23N3O3. The fourth-order valence-electron chi connectivity index (χ4n) is 2.23. The molecule has 1 saturated heterocycles. The van der Waals surface area contributed by atoms with E-state index in [1.807, 2.05) is 11.8 Å². The van der Waals surface area contributed by atoms with E-state index in [9.17, 15) is 4.79 Å². The standard InChI is InChI=1S/C16H23N3O3/c1-4-22-16(19-10-8-18(2)9-11-19)17-15(20)13-6-5-7-14(12-13)21-3/h5-7,12H,4,8-11H2,1-3H3. The molecule has 0 aliphatic carbocycles. The lowest BCUT2D eigenvalue weighted by molar-refractivity contribution is 0.0989. The van der Waals surface area contributed by atoms with Gasteiger partial charge >= 0.3 is 0 Å². The highest BCUT2D eigenvalue weighted by atomic mass is 16.5. The van der Waals surface area contributed by atoms with Crippen molar-refractivity contribution in [3.63, 3.8) is 0 Å². The average molecular weight is 305 g/mol. The quantitative estimate of drug-likeness (QED) is 0.625. The monoisotopic (exact) mass is 305 g/mol. The maximum atomic E-state index is 12.3. The number of nitrogens with zero attached hydrogens (tertiary/aromatic N) is 3. The molecule has 0 bridgehead atoms. The van der Waals surface area contributed by atoms with Crippen molar-refractivity contribution >= 4 is 11.9 Å². The first-order valence-electron chi connectivity index (χ1n) is 7.47. The number of aliphatic imine (C=N–C) groups is 1. The largest absolute Gasteiger partial charge is 0.497 e. The Bertz CT molecular complexity index is 537. The topological polar surface area (TPSA) is 54.4 Å². The Morgan fingerprint density at radius 1 is 1.27 bits per heavy atom. The van der Waals surface area contributed by atoms with E-state index in [2.05, 4.69) is 16.9 Å². The van der Waals surface area contributed by atoms with Crippen LogP contribution in [0.2, 0.25) is 0 Å². The zero-order valence-electron chi connectivity index (χ0n) is 13.4. The molecule has 1 aliphatic heterocycles. The fourth-order valence-corrected chi connectivity index (χ4v) is 2.23. The molecule has 0 unspecified atom stereocenters. The van der Waals surface area contributed by atoms with Crippen LogP contribution in [0.25, 0.3) is 0 Å². The van der Waals surface area contributed by atoms with E-state index in [0.717, 1.165) is 26.2 Å². The summed E-state index contributed by atoms with van der Waals surface area (Å²) in [5.74, 6) is 0.319. The van der Waals surface area contributed by atoms with E-state index in [1.165, 1.54) is 0 Å². The average Bonchev–Trinajstić information content (AvgIpc) is 2.55. The van der Waals surface area contributed by atoms with Crippen molar-refractivity contribution in [2.45, 2.75) is 6.92 Å². The van der Waals surface area contributed by atoms with Gasteiger partial charge in [0.15, 0.2) is 0 Å². The number of carbonyl (C=O) groups excluding carboxylic acids is 1. The number of hydrogen-bond acceptors (Lipinski definition) is 4. The van der Waals surface area contributed by atoms with Gasteiger partial charge in [-0.1, -0.05) is 6.07 Å². The predicted octanol–water partition coefficient (Wildman–Crippen LogP) is 1.48. The number of rotatable bonds is 3. The van der Waals surface area contributed by atoms with Crippen molar-refractivity contribution in [2.75, 3.05) is 46.9 Å². The van der Waals surface area contributed by atoms with Crippen LogP contribution in [0.15, 0.2) is 29.3 Å². The van der Waals surface area contributed by atoms with E-state index in [1.54, 1.807) is 31.4 Å². The molecule has 2 rings (SSSR count). The number of ether oxygens (including phenoxy) is 2. The van der Waals surface area contributed by atoms with Gasteiger partial charge in [-0.05, 0) is 32.2 Å². The van der Waals surface area contributed by atoms with Crippen molar-refractivity contribution in [1.82, 2.24) is 9.80 Å². The Morgan fingerprint density at radius 2 is 2.00 bits per heavy atom. The molecule has 1 amide bonds. The number of hydrogen-bond donors (Lipinski definition) is 0. The van der Waals surface area contributed by atoms with Crippen molar-refractivity contribution in [2.24, 2.45) is 4.99 Å². The van der Waals surface area contributed by atoms with E-state index in [-0.39, 0.29) is 5.91 Å². The molecule has 120 valence electrons. The molecule has 6 nitrogen and oxygen atoms in total. The van der Waals surface area contributed by atoms with Crippen molar-refractivity contribution in [3.8, 4) is 5.75 Å². The Hall–Kier alpha value is -2.08. The van der Waals surface area contributed by atoms with Crippen molar-refractivity contribution in [3.05, 3.63) is 29.8 Å². The summed E-state index contributed by atoms with van der Waals surface area (Å²) in [6, 6.07) is 7.38. The van der Waals surface area contributed by atoms with E-state index >= 15 is 0 Å². The molecule has 22 heavy (non-hydrogen) atoms. The first-order valence-corrected chi connectivity index (χ1v) is 7.47. The first kappa shape index (κ1) is 16.3. The molecule has 6 heteroatoms. The number of piperazine rings is 1. The molecule has 1 fully saturated rings. The van der Waals surface area contributed by atoms with Gasteiger partial charge in [0.05, 0.1) is 13.7 Å². The lowest BCUT2D eigenvalue weighted by atomic mass is 10.2. The van der Waals surface area contributed by atoms with Crippen LogP contribution in [0, 0.1) is 0 Å². The van der Waals surface area contributed by atoms with E-state index in [0.29, 0.717) is 23.9 Å². The van der Waals surface area contributed by atoms with Crippen LogP contribution in [0.3, 0.4) is 0 Å². The van der Waals surface area contributed by atoms with Gasteiger partial charge in [0, 0.05) is 31.7 Å². The summed E-state index contributed by atoms with van der Waals surface area (Å²) in [7, 11) is 3.65. The van der Waals surface area contributed by atoms with Gasteiger partial charge < -0.3 is 19.3 Å². The highest BCUT2D eigenvalue weighted by Crippen LogP contribution is 2.14. The summed E-state index contributed by atoms with van der Waals surface area (Å²) >= 11 is 0. The Labute approximate surface area is 131 Å². The highest BCUT2D eigenvalue weighted by Gasteiger charge is 2.20. The minimum Gasteiger partial charge on any atom is -0.497 e. The van der Waals surface area contributed by atoms with Crippen LogP contribution in [0.5, 0.6) is 5.75 Å². The van der Waals surface area contributed by atoms with Crippen LogP contribution >= 0.6 is 0 Å². The Balaban J connectivity index is 2.15. The summed E-state index contributed by atoms with van der Waals surface area (Å²) in [5.41, 5.74) is 0.491. The fraction of sp³-hybridized carbons (Fsp3) is 0.500. The molecule has 0 radical (unpaired) electrons. The van der Waals surface area contributed by atoms with E-state index < -0.39 is 0 Å². The maximum Gasteiger partial charge on any atom is 0.295 e. The van der Waals surface area contributed by atoms with Crippen molar-refractivity contribution < 1.29 is 14.3 Å². The molecule has 1 heterocycles. The number of methoxy groups -OCH3 is 1. The number of amides is 1. The van der Waals surface area contributed by atoms with Gasteiger partial charge in [-0.2, -0.15) is 4.99 Å². The van der Waals surface area contributed by atoms with Crippen LogP contribution in [-0.4, -0.2) is 68.7 Å². The van der Waals surface area contributed by atoms with Gasteiger partial charge in [0.2, 0.25) is 0 Å². The van der Waals surface area contributed by atoms with Crippen molar-refractivity contribution in [1.29, 1.82) is 0 Å². The molecule has 0 saturated carbocycles. The smallest absolute Gasteiger partial charge is 0.295 e. The predicted molar refractivity (Wildman–Crippen MR) is 85.5 cm³/mol. The lowest BCUT2D eigenvalue weighted by Gasteiger charge is -2.33. The summed E-state index contributed by atoms with van der Waals surface area (Å²) in [6.45, 7) is 5.85. The van der Waals surface area contributed by atoms with Crippen LogP contribution in [-0.2, 0) is 4.74 Å². The van der Waals surface area contributed by atoms with Crippen LogP contribution in [0.4, 0.5) is 0 Å². The number of carbonyl (C=O) groups is 1. The van der Waals surface area contributed by atoms with Crippen LogP contribution in [0.1, 0.15) is 17.3 Å². The minimum atomic E-state index is -0.318. The second-order valence-electron chi connectivity index (χ2n) is 5.15. The summed E-state index contributed by atoms with van der Waals surface area (Å²) in [4.78, 5) is 20.8. The van der Waals surface area contributed by atoms with Crippen LogP contribution < -0.4 is 4.74 Å². The van der Waals surface area contributed by atoms with Gasteiger partial charge in [0.25, 0.3) is 11.9 Å². The SMILES string of the molecule is CCOC(=NC(=O)c1cccc(OC)c1)N1CCN(C)CC1. The molecule has 1 aliphatic rings. The summed E-state index contributed by atoms with van der Waals surface area (Å²) < 4.78 is 10.7. The first-order chi connectivity index (χ1) is 10.6. The lowest BCUT2D eigenvalue weighted by Crippen LogP contribution is -2.48. The highest BCUT2D eigenvalue weighted by molar-refractivity contribution is 6.01. The molecule has 1 aromatic rings. The zero-order chi connectivity index (χ0) is 15.9. The third kappa shape index (κ3) is 4.21. The third-order valence-corrected chi connectivity index (χ3v) is 3.56. The third-order valence-electron chi connectivity index (χ3n) is 3.56. The molecule has 0 atom stereocenters. The minimum absolute atomic E-state index is 0.318. The van der Waals surface area contributed by atoms with Gasteiger partial charge in [-0.25, -0.2) is 0 Å². The van der Waals surface area contributed by atoms with Gasteiger partial charge in [0.1, 0.15) is 5.75 Å². The summed E-state index contributed by atoms with van der Waals surface area (Å²) in [6.07, 6.45) is 0. The van der Waals surface area contributed by atoms with Gasteiger partial charge in [-0.15, -0.1) is 0 Å². The molecule has 0 aromatic heterocycles. The Kier molecular flexibility index (Phi) is 5.77. The van der Waals surface area contributed by atoms with E-state index in [4.69, 9.17) is 9.47 Å². The number of amidine groups is 1. The zero-order valence-corrected chi connectivity index (χ0v) is 13.4. The van der Waals surface area contributed by atoms with Gasteiger partial charge in [-0.3, -0.25) is 4.79 Å². The Morgan fingerprint density at radius 3 is 2.64 bits per heavy atom. The molecular weight excluding hydrogens is 282 g/mol. The number of likely N-dealkylation sites (N-methyl/N-ethyl adjacent to an activating group) is 1. The second kappa shape index (κ2) is 7.79. The maximum absolute atomic E-state index is 12.3. The molecule has 0 spiro atoms. The second-order valence-corrected chi connectivity index (χ2v) is 5.15. The number of benzene rings is 1. The molecule has 0 N–H and O–H groups in total. The normalized spacial score (nSPS) is 16.5. The molecule has 1 aromatic carbocycles.